The van der Waals surface area contributed by atoms with Crippen LogP contribution in [0.1, 0.15) is 33.1 Å². The van der Waals surface area contributed by atoms with E-state index < -0.39 is 0 Å². The molecule has 0 saturated heterocycles. The maximum absolute atomic E-state index is 4.16. The summed E-state index contributed by atoms with van der Waals surface area (Å²) in [6, 6.07) is 0. The second-order valence-corrected chi connectivity index (χ2v) is 4.28. The van der Waals surface area contributed by atoms with Gasteiger partial charge < -0.3 is 0 Å². The first-order valence-corrected chi connectivity index (χ1v) is 6.13. The molecule has 1 heteroatoms. The third kappa shape index (κ3) is 7.29. The van der Waals surface area contributed by atoms with Gasteiger partial charge in [-0.15, -0.1) is 0 Å². The Hall–Kier alpha value is -1.63. The van der Waals surface area contributed by atoms with E-state index in [0.29, 0.717) is 0 Å². The van der Waals surface area contributed by atoms with Crippen molar-refractivity contribution in [3.8, 4) is 0 Å². The van der Waals surface area contributed by atoms with Gasteiger partial charge in [-0.25, -0.2) is 0 Å². The van der Waals surface area contributed by atoms with Gasteiger partial charge in [-0.2, -0.15) is 0 Å². The van der Waals surface area contributed by atoms with E-state index in [-0.39, 0.29) is 0 Å². The number of hydrogen-bond acceptors (Lipinski definition) is 1. The van der Waals surface area contributed by atoms with E-state index in [4.69, 9.17) is 0 Å². The van der Waals surface area contributed by atoms with Crippen LogP contribution < -0.4 is 0 Å². The average molecular weight is 227 g/mol. The molecule has 0 aromatic rings. The first-order chi connectivity index (χ1) is 8.29. The first-order valence-electron chi connectivity index (χ1n) is 6.13. The highest BCUT2D eigenvalue weighted by Crippen LogP contribution is 2.11. The number of nitrogens with zero attached hydrogens (tertiary/aromatic N) is 1. The summed E-state index contributed by atoms with van der Waals surface area (Å²) in [5, 5.41) is 0. The molecular weight excluding hydrogens is 206 g/mol. The lowest BCUT2D eigenvalue weighted by Crippen LogP contribution is -1.77. The minimum Gasteiger partial charge on any atom is -0.265 e. The monoisotopic (exact) mass is 227 g/mol. The van der Waals surface area contributed by atoms with Crippen LogP contribution in [0.4, 0.5) is 0 Å². The fourth-order valence-corrected chi connectivity index (χ4v) is 1.44. The molecule has 1 aliphatic carbocycles. The molecule has 0 saturated carbocycles. The van der Waals surface area contributed by atoms with Gasteiger partial charge in [-0.1, -0.05) is 42.0 Å². The molecule has 0 fully saturated rings. The summed E-state index contributed by atoms with van der Waals surface area (Å²) in [5.74, 6) is 0. The number of allylic oxidation sites excluding steroid dienone is 9. The van der Waals surface area contributed by atoms with Crippen LogP contribution in [0.2, 0.25) is 0 Å². The molecule has 0 bridgehead atoms. The summed E-state index contributed by atoms with van der Waals surface area (Å²) < 4.78 is 0. The van der Waals surface area contributed by atoms with Crippen LogP contribution in [0.5, 0.6) is 0 Å². The van der Waals surface area contributed by atoms with E-state index >= 15 is 0 Å². The largest absolute Gasteiger partial charge is 0.265 e. The predicted octanol–water partition coefficient (Wildman–Crippen LogP) is 4.76. The molecule has 0 unspecified atom stereocenters. The quantitative estimate of drug-likeness (QED) is 0.600. The molecule has 0 atom stereocenters. The maximum atomic E-state index is 4.16. The van der Waals surface area contributed by atoms with Gasteiger partial charge in [0.1, 0.15) is 0 Å². The zero-order chi connectivity index (χ0) is 12.3. The van der Waals surface area contributed by atoms with Crippen molar-refractivity contribution in [2.45, 2.75) is 33.1 Å². The van der Waals surface area contributed by atoms with Gasteiger partial charge in [-0.3, -0.25) is 4.99 Å². The molecule has 0 N–H and O–H groups in total. The van der Waals surface area contributed by atoms with Crippen LogP contribution in [-0.2, 0) is 0 Å². The second-order valence-electron chi connectivity index (χ2n) is 4.28. The molecule has 1 aliphatic rings. The second kappa shape index (κ2) is 8.51. The third-order valence-electron chi connectivity index (χ3n) is 2.29. The van der Waals surface area contributed by atoms with Crippen LogP contribution in [0.15, 0.2) is 64.9 Å². The van der Waals surface area contributed by atoms with Gasteiger partial charge >= 0.3 is 0 Å². The molecule has 0 aliphatic heterocycles. The Bertz CT molecular complexity index is 386. The maximum Gasteiger partial charge on any atom is 0.0264 e. The molecule has 0 heterocycles. The van der Waals surface area contributed by atoms with Gasteiger partial charge in [0.15, 0.2) is 0 Å². The Balaban J connectivity index is 2.25. The molecule has 90 valence electrons. The van der Waals surface area contributed by atoms with Crippen molar-refractivity contribution >= 4 is 6.21 Å². The first kappa shape index (κ1) is 13.4. The van der Waals surface area contributed by atoms with Crippen LogP contribution in [0.25, 0.3) is 0 Å². The highest BCUT2D eigenvalue weighted by Gasteiger charge is 1.91. The standard InChI is InChI=1S/C16H21N/c1-15(2)14-17-13-9-5-8-12-16-10-6-3-4-7-11-16/h3,5-7,9-11,13-14H,4,8,12H2,1-2H3/b9-5-,17-13?. The van der Waals surface area contributed by atoms with Gasteiger partial charge in [0.2, 0.25) is 0 Å². The topological polar surface area (TPSA) is 12.4 Å². The lowest BCUT2D eigenvalue weighted by molar-refractivity contribution is 1.01. The van der Waals surface area contributed by atoms with Crippen molar-refractivity contribution < 1.29 is 0 Å². The van der Waals surface area contributed by atoms with Gasteiger partial charge in [0.25, 0.3) is 0 Å². The highest BCUT2D eigenvalue weighted by molar-refractivity contribution is 5.71. The molecular formula is C16H21N. The zero-order valence-corrected chi connectivity index (χ0v) is 10.8. The Morgan fingerprint density at radius 1 is 1.35 bits per heavy atom. The van der Waals surface area contributed by atoms with Gasteiger partial charge in [0.05, 0.1) is 0 Å². The smallest absolute Gasteiger partial charge is 0.0264 e. The van der Waals surface area contributed by atoms with Crippen LogP contribution in [0.3, 0.4) is 0 Å². The number of hydrogen-bond donors (Lipinski definition) is 0. The molecule has 0 aromatic carbocycles. The summed E-state index contributed by atoms with van der Waals surface area (Å²) in [6.07, 6.45) is 22.0. The van der Waals surface area contributed by atoms with Crippen LogP contribution in [0, 0.1) is 0 Å². The van der Waals surface area contributed by atoms with E-state index in [1.54, 1.807) is 0 Å². The van der Waals surface area contributed by atoms with Crippen molar-refractivity contribution in [3.05, 3.63) is 59.9 Å². The molecule has 0 spiro atoms. The summed E-state index contributed by atoms with van der Waals surface area (Å²) in [6.45, 7) is 4.08. The molecule has 0 aromatic heterocycles. The summed E-state index contributed by atoms with van der Waals surface area (Å²) in [5.41, 5.74) is 2.61. The van der Waals surface area contributed by atoms with Crippen molar-refractivity contribution in [2.75, 3.05) is 0 Å². The lowest BCUT2D eigenvalue weighted by Gasteiger charge is -1.96. The number of rotatable bonds is 5. The van der Waals surface area contributed by atoms with Gasteiger partial charge in [-0.05, 0) is 44.8 Å². The Morgan fingerprint density at radius 3 is 3.06 bits per heavy atom. The highest BCUT2D eigenvalue weighted by atomic mass is 14.7. The molecule has 0 amide bonds. The molecule has 0 radical (unpaired) electrons. The normalized spacial score (nSPS) is 15.3. The van der Waals surface area contributed by atoms with E-state index in [1.807, 2.05) is 32.3 Å². The fourth-order valence-electron chi connectivity index (χ4n) is 1.44. The van der Waals surface area contributed by atoms with E-state index in [0.717, 1.165) is 19.3 Å². The Labute approximate surface area is 105 Å². The minimum absolute atomic E-state index is 1.05. The van der Waals surface area contributed by atoms with Gasteiger partial charge in [0, 0.05) is 12.4 Å². The number of aliphatic imine (C=N–C) groups is 1. The Morgan fingerprint density at radius 2 is 2.24 bits per heavy atom. The lowest BCUT2D eigenvalue weighted by atomic mass is 10.1. The summed E-state index contributed by atoms with van der Waals surface area (Å²) >= 11 is 0. The third-order valence-corrected chi connectivity index (χ3v) is 2.29. The van der Waals surface area contributed by atoms with E-state index in [1.165, 1.54) is 11.1 Å². The summed E-state index contributed by atoms with van der Waals surface area (Å²) in [4.78, 5) is 4.16. The predicted molar refractivity (Wildman–Crippen MR) is 77.3 cm³/mol. The average Bonchev–Trinajstić information content (AvgIpc) is 2.56. The SMILES string of the molecule is CC(C)=CN=C/C=C\CCC1=CC=CCC=C1. The Kier molecular flexibility index (Phi) is 6.73. The molecule has 1 rings (SSSR count). The zero-order valence-electron chi connectivity index (χ0n) is 10.8. The van der Waals surface area contributed by atoms with Crippen molar-refractivity contribution in [3.63, 3.8) is 0 Å². The van der Waals surface area contributed by atoms with Crippen molar-refractivity contribution in [2.24, 2.45) is 4.99 Å². The van der Waals surface area contributed by atoms with Crippen molar-refractivity contribution in [1.82, 2.24) is 0 Å². The molecule has 17 heavy (non-hydrogen) atoms. The van der Waals surface area contributed by atoms with Crippen LogP contribution >= 0.6 is 0 Å². The molecule has 1 nitrogen and oxygen atoms in total. The van der Waals surface area contributed by atoms with E-state index in [2.05, 4.69) is 41.4 Å². The van der Waals surface area contributed by atoms with E-state index in [9.17, 15) is 0 Å². The fraction of sp³-hybridized carbons (Fsp3) is 0.312. The minimum atomic E-state index is 1.05. The van der Waals surface area contributed by atoms with Crippen LogP contribution in [-0.4, -0.2) is 6.21 Å². The summed E-state index contributed by atoms with van der Waals surface area (Å²) in [7, 11) is 0. The van der Waals surface area contributed by atoms with Crippen molar-refractivity contribution in [1.29, 1.82) is 0 Å².